The van der Waals surface area contributed by atoms with Crippen molar-refractivity contribution in [1.82, 2.24) is 0 Å². The smallest absolute Gasteiger partial charge is 0.341 e. The fourth-order valence-corrected chi connectivity index (χ4v) is 1.98. The average molecular weight is 315 g/mol. The molecule has 23 heavy (non-hydrogen) atoms. The molecule has 1 amide bonds. The van der Waals surface area contributed by atoms with E-state index in [4.69, 9.17) is 9.15 Å². The number of nitrogens with one attached hydrogen (secondary N) is 1. The Kier molecular flexibility index (Phi) is 5.19. The lowest BCUT2D eigenvalue weighted by Crippen LogP contribution is -2.08. The lowest BCUT2D eigenvalue weighted by Gasteiger charge is -2.07. The van der Waals surface area contributed by atoms with E-state index in [9.17, 15) is 9.59 Å². The fourth-order valence-electron chi connectivity index (χ4n) is 1.98. The van der Waals surface area contributed by atoms with Gasteiger partial charge in [0, 0.05) is 6.08 Å². The van der Waals surface area contributed by atoms with E-state index in [1.54, 1.807) is 25.1 Å². The summed E-state index contributed by atoms with van der Waals surface area (Å²) in [6, 6.07) is 8.60. The Labute approximate surface area is 133 Å². The summed E-state index contributed by atoms with van der Waals surface area (Å²) in [5, 5.41) is 2.70. The minimum absolute atomic E-state index is 0.331. The third-order valence-corrected chi connectivity index (χ3v) is 3.11. The molecule has 0 saturated heterocycles. The maximum atomic E-state index is 11.9. The molecule has 0 unspecified atom stereocenters. The number of carbonyl (C=O) groups is 2. The van der Waals surface area contributed by atoms with E-state index in [1.165, 1.54) is 32.4 Å². The van der Waals surface area contributed by atoms with Gasteiger partial charge >= 0.3 is 5.97 Å². The predicted molar refractivity (Wildman–Crippen MR) is 85.4 cm³/mol. The summed E-state index contributed by atoms with van der Waals surface area (Å²) in [4.78, 5) is 23.4. The molecule has 2 aromatic rings. The van der Waals surface area contributed by atoms with Gasteiger partial charge in [-0.3, -0.25) is 4.79 Å². The largest absolute Gasteiger partial charge is 0.495 e. The number of methoxy groups -OCH3 is 2. The molecule has 0 saturated carbocycles. The molecule has 1 aromatic carbocycles. The summed E-state index contributed by atoms with van der Waals surface area (Å²) in [6.45, 7) is 1.65. The maximum Gasteiger partial charge on any atom is 0.341 e. The molecule has 120 valence electrons. The summed E-state index contributed by atoms with van der Waals surface area (Å²) in [7, 11) is 2.83. The molecule has 6 nitrogen and oxygen atoms in total. The molecular formula is C17H17NO5. The summed E-state index contributed by atoms with van der Waals surface area (Å²) < 4.78 is 15.2. The van der Waals surface area contributed by atoms with Crippen LogP contribution in [0.1, 0.15) is 21.9 Å². The molecule has 0 aliphatic rings. The highest BCUT2D eigenvalue weighted by atomic mass is 16.5. The van der Waals surface area contributed by atoms with Crippen LogP contribution in [-0.4, -0.2) is 26.1 Å². The van der Waals surface area contributed by atoms with Crippen molar-refractivity contribution in [3.8, 4) is 5.75 Å². The van der Waals surface area contributed by atoms with Gasteiger partial charge in [-0.05, 0) is 31.2 Å². The molecule has 1 heterocycles. The molecule has 0 radical (unpaired) electrons. The Hall–Kier alpha value is -3.02. The van der Waals surface area contributed by atoms with Crippen LogP contribution in [0.2, 0.25) is 0 Å². The quantitative estimate of drug-likeness (QED) is 0.678. The van der Waals surface area contributed by atoms with Crippen LogP contribution in [0.3, 0.4) is 0 Å². The van der Waals surface area contributed by atoms with Crippen molar-refractivity contribution >= 4 is 23.6 Å². The molecule has 0 spiro atoms. The first-order valence-electron chi connectivity index (χ1n) is 6.86. The van der Waals surface area contributed by atoms with Gasteiger partial charge in [-0.15, -0.1) is 0 Å². The van der Waals surface area contributed by atoms with Crippen molar-refractivity contribution < 1.29 is 23.5 Å². The van der Waals surface area contributed by atoms with E-state index in [1.807, 2.05) is 6.07 Å². The van der Waals surface area contributed by atoms with Gasteiger partial charge in [-0.25, -0.2) is 4.79 Å². The number of esters is 1. The van der Waals surface area contributed by atoms with E-state index in [-0.39, 0.29) is 5.91 Å². The van der Waals surface area contributed by atoms with Gasteiger partial charge in [0.15, 0.2) is 0 Å². The zero-order valence-corrected chi connectivity index (χ0v) is 13.1. The summed E-state index contributed by atoms with van der Waals surface area (Å²) in [6.07, 6.45) is 2.79. The van der Waals surface area contributed by atoms with Crippen LogP contribution in [-0.2, 0) is 9.53 Å². The Morgan fingerprint density at radius 2 is 1.96 bits per heavy atom. The van der Waals surface area contributed by atoms with Gasteiger partial charge in [0.2, 0.25) is 5.91 Å². The lowest BCUT2D eigenvalue weighted by atomic mass is 10.2. The van der Waals surface area contributed by atoms with Crippen LogP contribution in [0.5, 0.6) is 5.75 Å². The molecule has 0 bridgehead atoms. The van der Waals surface area contributed by atoms with Crippen LogP contribution < -0.4 is 10.1 Å². The van der Waals surface area contributed by atoms with Gasteiger partial charge in [0.05, 0.1) is 19.9 Å². The molecule has 1 aromatic heterocycles. The number of anilines is 1. The molecule has 0 aliphatic heterocycles. The highest BCUT2D eigenvalue weighted by Gasteiger charge is 2.14. The maximum absolute atomic E-state index is 11.9. The zero-order valence-electron chi connectivity index (χ0n) is 13.1. The standard InChI is InChI=1S/C17H17NO5/c1-11-13(17(20)22-3)10-12(23-11)8-9-16(19)18-14-6-4-5-7-15(14)21-2/h4-10H,1-3H3,(H,18,19). The molecule has 0 aliphatic carbocycles. The number of ether oxygens (including phenoxy) is 2. The first-order chi connectivity index (χ1) is 11.0. The molecule has 6 heteroatoms. The minimum Gasteiger partial charge on any atom is -0.495 e. The number of rotatable bonds is 5. The van der Waals surface area contributed by atoms with Crippen molar-refractivity contribution in [2.45, 2.75) is 6.92 Å². The Morgan fingerprint density at radius 1 is 1.22 bits per heavy atom. The second-order valence-corrected chi connectivity index (χ2v) is 4.63. The van der Waals surface area contributed by atoms with Crippen LogP contribution in [0.15, 0.2) is 40.8 Å². The predicted octanol–water partition coefficient (Wildman–Crippen LogP) is 3.04. The molecule has 0 fully saturated rings. The summed E-state index contributed by atoms with van der Waals surface area (Å²) >= 11 is 0. The second-order valence-electron chi connectivity index (χ2n) is 4.63. The number of furan rings is 1. The Bertz CT molecular complexity index is 745. The van der Waals surface area contributed by atoms with Crippen LogP contribution in [0, 0.1) is 6.92 Å². The second kappa shape index (κ2) is 7.31. The molecular weight excluding hydrogens is 298 g/mol. The number of hydrogen-bond acceptors (Lipinski definition) is 5. The first kappa shape index (κ1) is 16.4. The van der Waals surface area contributed by atoms with Gasteiger partial charge in [-0.1, -0.05) is 12.1 Å². The molecule has 0 atom stereocenters. The van der Waals surface area contributed by atoms with Crippen molar-refractivity contribution in [2.75, 3.05) is 19.5 Å². The van der Waals surface area contributed by atoms with Crippen molar-refractivity contribution in [1.29, 1.82) is 0 Å². The van der Waals surface area contributed by atoms with Crippen LogP contribution in [0.25, 0.3) is 6.08 Å². The van der Waals surface area contributed by atoms with E-state index < -0.39 is 5.97 Å². The number of para-hydroxylation sites is 2. The van der Waals surface area contributed by atoms with E-state index >= 15 is 0 Å². The number of aryl methyl sites for hydroxylation is 1. The lowest BCUT2D eigenvalue weighted by molar-refractivity contribution is -0.111. The third-order valence-electron chi connectivity index (χ3n) is 3.11. The normalized spacial score (nSPS) is 10.6. The van der Waals surface area contributed by atoms with Crippen molar-refractivity contribution in [3.05, 3.63) is 53.5 Å². The summed E-state index contributed by atoms with van der Waals surface area (Å²) in [5.74, 6) is 0.559. The monoisotopic (exact) mass is 315 g/mol. The molecule has 2 rings (SSSR count). The van der Waals surface area contributed by atoms with Gasteiger partial charge in [0.25, 0.3) is 0 Å². The first-order valence-corrected chi connectivity index (χ1v) is 6.86. The van der Waals surface area contributed by atoms with Gasteiger partial charge in [-0.2, -0.15) is 0 Å². The van der Waals surface area contributed by atoms with E-state index in [0.29, 0.717) is 28.5 Å². The highest BCUT2D eigenvalue weighted by Crippen LogP contribution is 2.23. The van der Waals surface area contributed by atoms with Crippen molar-refractivity contribution in [2.24, 2.45) is 0 Å². The highest BCUT2D eigenvalue weighted by molar-refractivity contribution is 6.02. The number of amides is 1. The van der Waals surface area contributed by atoms with Crippen LogP contribution >= 0.6 is 0 Å². The van der Waals surface area contributed by atoms with Crippen LogP contribution in [0.4, 0.5) is 5.69 Å². The number of benzene rings is 1. The van der Waals surface area contributed by atoms with Gasteiger partial charge in [0.1, 0.15) is 22.8 Å². The fraction of sp³-hybridized carbons (Fsp3) is 0.176. The van der Waals surface area contributed by atoms with Gasteiger partial charge < -0.3 is 19.2 Å². The number of hydrogen-bond donors (Lipinski definition) is 1. The van der Waals surface area contributed by atoms with Crippen molar-refractivity contribution in [3.63, 3.8) is 0 Å². The Morgan fingerprint density at radius 3 is 2.65 bits per heavy atom. The SMILES string of the molecule is COC(=O)c1cc(C=CC(=O)Nc2ccccc2OC)oc1C. The molecule has 1 N–H and O–H groups in total. The minimum atomic E-state index is -0.482. The third kappa shape index (κ3) is 4.00. The van der Waals surface area contributed by atoms with E-state index in [0.717, 1.165) is 0 Å². The topological polar surface area (TPSA) is 77.8 Å². The average Bonchev–Trinajstić information content (AvgIpc) is 2.93. The number of carbonyl (C=O) groups excluding carboxylic acids is 2. The van der Waals surface area contributed by atoms with E-state index in [2.05, 4.69) is 10.1 Å². The summed E-state index contributed by atoms with van der Waals surface area (Å²) in [5.41, 5.74) is 0.896. The Balaban J connectivity index is 2.08. The zero-order chi connectivity index (χ0) is 16.8.